The summed E-state index contributed by atoms with van der Waals surface area (Å²) in [5, 5.41) is 4.65. The van der Waals surface area contributed by atoms with Crippen LogP contribution in [0.3, 0.4) is 0 Å². The Morgan fingerprint density at radius 3 is 2.88 bits per heavy atom. The van der Waals surface area contributed by atoms with Crippen LogP contribution in [0.15, 0.2) is 35.7 Å². The van der Waals surface area contributed by atoms with Crippen LogP contribution in [0.4, 0.5) is 5.69 Å². The van der Waals surface area contributed by atoms with Crippen molar-refractivity contribution >= 4 is 45.5 Å². The molecular weight excluding hydrogens is 345 g/mol. The molecular formula is C13H8INOS. The maximum Gasteiger partial charge on any atom is 0.256 e. The number of carbonyl (C=O) groups excluding carboxylic acids is 1. The summed E-state index contributed by atoms with van der Waals surface area (Å²) < 4.78 is 1.09. The zero-order chi connectivity index (χ0) is 12.3. The van der Waals surface area contributed by atoms with Gasteiger partial charge in [0.15, 0.2) is 0 Å². The fourth-order valence-electron chi connectivity index (χ4n) is 1.32. The van der Waals surface area contributed by atoms with E-state index in [-0.39, 0.29) is 5.91 Å². The molecule has 1 amide bonds. The van der Waals surface area contributed by atoms with E-state index < -0.39 is 0 Å². The molecule has 0 atom stereocenters. The molecule has 0 saturated carbocycles. The van der Waals surface area contributed by atoms with E-state index in [2.05, 4.69) is 33.8 Å². The Morgan fingerprint density at radius 2 is 2.24 bits per heavy atom. The zero-order valence-corrected chi connectivity index (χ0v) is 11.7. The lowest BCUT2D eigenvalue weighted by Crippen LogP contribution is -2.10. The Bertz CT molecular complexity index is 597. The largest absolute Gasteiger partial charge is 0.322 e. The first-order valence-electron chi connectivity index (χ1n) is 4.81. The van der Waals surface area contributed by atoms with Gasteiger partial charge < -0.3 is 5.32 Å². The van der Waals surface area contributed by atoms with E-state index >= 15 is 0 Å². The van der Waals surface area contributed by atoms with Crippen LogP contribution in [-0.4, -0.2) is 5.91 Å². The summed E-state index contributed by atoms with van der Waals surface area (Å²) >= 11 is 3.73. The van der Waals surface area contributed by atoms with E-state index in [1.165, 1.54) is 0 Å². The third kappa shape index (κ3) is 3.08. The summed E-state index contributed by atoms with van der Waals surface area (Å²) in [5.41, 5.74) is 2.14. The number of benzene rings is 1. The fourth-order valence-corrected chi connectivity index (χ4v) is 2.65. The predicted octanol–water partition coefficient (Wildman–Crippen LogP) is 3.59. The van der Waals surface area contributed by atoms with Crippen molar-refractivity contribution in [3.8, 4) is 12.3 Å². The van der Waals surface area contributed by atoms with Crippen LogP contribution in [-0.2, 0) is 0 Å². The summed E-state index contributed by atoms with van der Waals surface area (Å²) in [6.45, 7) is 0. The highest BCUT2D eigenvalue weighted by Crippen LogP contribution is 2.18. The van der Waals surface area contributed by atoms with Crippen LogP contribution in [0.2, 0.25) is 0 Å². The van der Waals surface area contributed by atoms with Gasteiger partial charge in [-0.25, -0.2) is 0 Å². The average Bonchev–Trinajstić information content (AvgIpc) is 2.76. The minimum atomic E-state index is -0.113. The molecule has 1 aromatic heterocycles. The topological polar surface area (TPSA) is 29.1 Å². The molecule has 0 fully saturated rings. The molecule has 2 nitrogen and oxygen atoms in total. The maximum absolute atomic E-state index is 11.9. The summed E-state index contributed by atoms with van der Waals surface area (Å²) in [5.74, 6) is 2.42. The van der Waals surface area contributed by atoms with E-state index in [1.54, 1.807) is 17.4 Å². The van der Waals surface area contributed by atoms with Crippen LogP contribution < -0.4 is 5.32 Å². The lowest BCUT2D eigenvalue weighted by Gasteiger charge is -2.03. The first-order chi connectivity index (χ1) is 8.19. The van der Waals surface area contributed by atoms with Crippen molar-refractivity contribution in [3.05, 3.63) is 49.7 Å². The van der Waals surface area contributed by atoms with Gasteiger partial charge in [-0.1, -0.05) is 12.0 Å². The number of carbonyl (C=O) groups is 1. The van der Waals surface area contributed by atoms with Gasteiger partial charge in [0.25, 0.3) is 5.91 Å². The molecule has 0 saturated heterocycles. The van der Waals surface area contributed by atoms with Gasteiger partial charge in [0.1, 0.15) is 0 Å². The molecule has 0 spiro atoms. The number of nitrogens with one attached hydrogen (secondary N) is 1. The first kappa shape index (κ1) is 12.1. The molecule has 0 bridgehead atoms. The number of hydrogen-bond donors (Lipinski definition) is 1. The highest BCUT2D eigenvalue weighted by molar-refractivity contribution is 14.1. The second-order valence-corrected chi connectivity index (χ2v) is 6.12. The molecule has 0 aliphatic rings. The van der Waals surface area contributed by atoms with Crippen molar-refractivity contribution in [2.75, 3.05) is 5.32 Å². The van der Waals surface area contributed by atoms with Gasteiger partial charge in [0, 0.05) is 16.6 Å². The fraction of sp³-hybridized carbons (Fsp3) is 0. The summed E-state index contributed by atoms with van der Waals surface area (Å²) in [6.07, 6.45) is 5.30. The molecule has 17 heavy (non-hydrogen) atoms. The molecule has 2 rings (SSSR count). The molecule has 1 aromatic carbocycles. The smallest absolute Gasteiger partial charge is 0.256 e. The first-order valence-corrected chi connectivity index (χ1v) is 6.77. The lowest BCUT2D eigenvalue weighted by molar-refractivity contribution is 0.102. The SMILES string of the molecule is C#Cc1cccc(NC(=O)c2csc(I)c2)c1. The summed E-state index contributed by atoms with van der Waals surface area (Å²) in [4.78, 5) is 11.9. The third-order valence-electron chi connectivity index (χ3n) is 2.12. The molecule has 1 N–H and O–H groups in total. The summed E-state index contributed by atoms with van der Waals surface area (Å²) in [6, 6.07) is 9.09. The number of anilines is 1. The Balaban J connectivity index is 2.16. The third-order valence-corrected chi connectivity index (χ3v) is 3.91. The van der Waals surface area contributed by atoms with Gasteiger partial charge >= 0.3 is 0 Å². The van der Waals surface area contributed by atoms with Gasteiger partial charge in [-0.15, -0.1) is 17.8 Å². The lowest BCUT2D eigenvalue weighted by atomic mass is 10.2. The van der Waals surface area contributed by atoms with E-state index in [4.69, 9.17) is 6.42 Å². The van der Waals surface area contributed by atoms with Crippen molar-refractivity contribution in [1.82, 2.24) is 0 Å². The molecule has 1 heterocycles. The highest BCUT2D eigenvalue weighted by atomic mass is 127. The van der Waals surface area contributed by atoms with Crippen LogP contribution >= 0.6 is 33.9 Å². The van der Waals surface area contributed by atoms with E-state index in [9.17, 15) is 4.79 Å². The molecule has 84 valence electrons. The number of amides is 1. The van der Waals surface area contributed by atoms with Crippen molar-refractivity contribution in [3.63, 3.8) is 0 Å². The number of halogens is 1. The molecule has 0 aliphatic carbocycles. The number of rotatable bonds is 2. The Labute approximate surface area is 117 Å². The molecule has 0 aliphatic heterocycles. The Hall–Kier alpha value is -1.32. The van der Waals surface area contributed by atoms with Gasteiger partial charge in [-0.05, 0) is 46.9 Å². The van der Waals surface area contributed by atoms with E-state index in [1.807, 2.05) is 29.6 Å². The van der Waals surface area contributed by atoms with E-state index in [0.29, 0.717) is 11.3 Å². The number of thiophene rings is 1. The van der Waals surface area contributed by atoms with E-state index in [0.717, 1.165) is 8.45 Å². The minimum absolute atomic E-state index is 0.113. The molecule has 2 aromatic rings. The number of hydrogen-bond acceptors (Lipinski definition) is 2. The highest BCUT2D eigenvalue weighted by Gasteiger charge is 2.08. The minimum Gasteiger partial charge on any atom is -0.322 e. The number of terminal acetylenes is 1. The van der Waals surface area contributed by atoms with Crippen LogP contribution in [0.25, 0.3) is 0 Å². The summed E-state index contributed by atoms with van der Waals surface area (Å²) in [7, 11) is 0. The van der Waals surface area contributed by atoms with Gasteiger partial charge in [-0.3, -0.25) is 4.79 Å². The standard InChI is InChI=1S/C13H8INOS/c1-2-9-4-3-5-11(6-9)15-13(16)10-7-12(14)17-8-10/h1,3-8H,(H,15,16). The van der Waals surface area contributed by atoms with Crippen molar-refractivity contribution < 1.29 is 4.79 Å². The molecule has 4 heteroatoms. The molecule has 0 radical (unpaired) electrons. The van der Waals surface area contributed by atoms with Gasteiger partial charge in [0.2, 0.25) is 0 Å². The van der Waals surface area contributed by atoms with Crippen LogP contribution in [0.5, 0.6) is 0 Å². The second kappa shape index (κ2) is 5.34. The van der Waals surface area contributed by atoms with Crippen molar-refractivity contribution in [2.45, 2.75) is 0 Å². The normalized spacial score (nSPS) is 9.65. The zero-order valence-electron chi connectivity index (χ0n) is 8.74. The quantitative estimate of drug-likeness (QED) is 0.649. The monoisotopic (exact) mass is 353 g/mol. The van der Waals surface area contributed by atoms with Crippen LogP contribution in [0.1, 0.15) is 15.9 Å². The van der Waals surface area contributed by atoms with Gasteiger partial charge in [-0.2, -0.15) is 0 Å². The van der Waals surface area contributed by atoms with Crippen molar-refractivity contribution in [2.24, 2.45) is 0 Å². The molecule has 0 unspecified atom stereocenters. The average molecular weight is 353 g/mol. The maximum atomic E-state index is 11.9. The Morgan fingerprint density at radius 1 is 1.41 bits per heavy atom. The predicted molar refractivity (Wildman–Crippen MR) is 79.4 cm³/mol. The Kier molecular flexibility index (Phi) is 3.82. The second-order valence-electron chi connectivity index (χ2n) is 3.32. The van der Waals surface area contributed by atoms with Crippen LogP contribution in [0, 0.1) is 15.2 Å². The van der Waals surface area contributed by atoms with Crippen molar-refractivity contribution in [1.29, 1.82) is 0 Å². The van der Waals surface area contributed by atoms with Gasteiger partial charge in [0.05, 0.1) is 8.45 Å².